The molecular formula is C23H23FN2O13S. The van der Waals surface area contributed by atoms with Gasteiger partial charge in [-0.2, -0.15) is 8.36 Å². The lowest BCUT2D eigenvalue weighted by atomic mass is 9.96. The van der Waals surface area contributed by atoms with Crippen molar-refractivity contribution in [3.8, 4) is 0 Å². The second-order valence-corrected chi connectivity index (χ2v) is 10.1. The first-order chi connectivity index (χ1) is 18.7. The third kappa shape index (κ3) is 5.94. The Hall–Kier alpha value is -4.38. The van der Waals surface area contributed by atoms with Crippen LogP contribution in [0, 0.1) is 5.82 Å². The molecule has 1 aromatic heterocycles. The summed E-state index contributed by atoms with van der Waals surface area (Å²) in [6.07, 6.45) is -10.0. The summed E-state index contributed by atoms with van der Waals surface area (Å²) >= 11 is 0. The smallest absolute Gasteiger partial charge is 0.347 e. The molecule has 17 heteroatoms. The van der Waals surface area contributed by atoms with E-state index < -0.39 is 86.5 Å². The van der Waals surface area contributed by atoms with Crippen molar-refractivity contribution in [2.24, 2.45) is 0 Å². The molecular weight excluding hydrogens is 563 g/mol. The lowest BCUT2D eigenvalue weighted by Gasteiger charge is -2.43. The Kier molecular flexibility index (Phi) is 8.89. The summed E-state index contributed by atoms with van der Waals surface area (Å²) in [6, 6.07) is 6.32. The zero-order valence-corrected chi connectivity index (χ0v) is 22.2. The first-order valence-corrected chi connectivity index (χ1v) is 12.7. The average molecular weight is 587 g/mol. The Morgan fingerprint density at radius 3 is 1.93 bits per heavy atom. The first-order valence-electron chi connectivity index (χ1n) is 11.3. The maximum atomic E-state index is 14.9. The molecule has 0 saturated carbocycles. The fourth-order valence-electron chi connectivity index (χ4n) is 3.93. The van der Waals surface area contributed by atoms with E-state index in [4.69, 9.17) is 18.9 Å². The molecule has 0 N–H and O–H groups in total. The minimum atomic E-state index is -4.81. The molecule has 1 aromatic carbocycles. The third-order valence-electron chi connectivity index (χ3n) is 5.46. The van der Waals surface area contributed by atoms with Crippen molar-refractivity contribution >= 4 is 33.9 Å². The second-order valence-electron chi connectivity index (χ2n) is 8.24. The predicted octanol–water partition coefficient (Wildman–Crippen LogP) is -0.748. The molecule has 0 spiro atoms. The summed E-state index contributed by atoms with van der Waals surface area (Å²) in [6.45, 7) is 2.71. The standard InChI is InChI=1S/C23H23FN2O13S/c1-11(27)36-16-17(37-12(2)28)19(22(31)35-4)39-21(18(16)38-13(3)29)26-20(30)15(24)10-25(23(26)32)40(33,34)14-8-6-5-7-9-14/h5-10,16-19,21H,1-4H3/t16-,17-,18+,19-,21+/m0/s1. The number of carbonyl (C=O) groups excluding carboxylic acids is 4. The Morgan fingerprint density at radius 1 is 0.875 bits per heavy atom. The number of hydrogen-bond donors (Lipinski definition) is 0. The van der Waals surface area contributed by atoms with Crippen molar-refractivity contribution in [2.75, 3.05) is 7.11 Å². The highest BCUT2D eigenvalue weighted by atomic mass is 32.2. The largest absolute Gasteiger partial charge is 0.467 e. The fraction of sp³-hybridized carbons (Fsp3) is 0.391. The third-order valence-corrected chi connectivity index (χ3v) is 7.10. The van der Waals surface area contributed by atoms with E-state index in [9.17, 15) is 41.6 Å². The highest BCUT2D eigenvalue weighted by molar-refractivity contribution is 7.90. The number of aromatic nitrogens is 2. The number of halogens is 1. The van der Waals surface area contributed by atoms with Gasteiger partial charge in [0.1, 0.15) is 0 Å². The van der Waals surface area contributed by atoms with Crippen molar-refractivity contribution in [3.05, 3.63) is 63.2 Å². The van der Waals surface area contributed by atoms with Crippen molar-refractivity contribution < 1.29 is 55.7 Å². The van der Waals surface area contributed by atoms with Crippen LogP contribution in [0.15, 0.2) is 51.0 Å². The highest BCUT2D eigenvalue weighted by Gasteiger charge is 2.56. The normalized spacial score (nSPS) is 22.6. The zero-order valence-electron chi connectivity index (χ0n) is 21.3. The lowest BCUT2D eigenvalue weighted by Crippen LogP contribution is -2.64. The molecule has 40 heavy (non-hydrogen) atoms. The highest BCUT2D eigenvalue weighted by Crippen LogP contribution is 2.34. The minimum absolute atomic E-state index is 0.0696. The molecule has 216 valence electrons. The van der Waals surface area contributed by atoms with Crippen LogP contribution in [0.1, 0.15) is 27.0 Å². The molecule has 1 aliphatic rings. The van der Waals surface area contributed by atoms with Gasteiger partial charge in [-0.3, -0.25) is 19.2 Å². The van der Waals surface area contributed by atoms with Crippen LogP contribution in [-0.2, 0) is 52.9 Å². The number of methoxy groups -OCH3 is 1. The second kappa shape index (κ2) is 11.8. The molecule has 15 nitrogen and oxygen atoms in total. The molecule has 0 amide bonds. The molecule has 1 aliphatic heterocycles. The van der Waals surface area contributed by atoms with Crippen LogP contribution in [0.3, 0.4) is 0 Å². The molecule has 3 rings (SSSR count). The summed E-state index contributed by atoms with van der Waals surface area (Å²) in [4.78, 5) is 74.3. The molecule has 1 saturated heterocycles. The van der Waals surface area contributed by atoms with Crippen LogP contribution in [-0.4, -0.2) is 72.4 Å². The summed E-state index contributed by atoms with van der Waals surface area (Å²) in [5.41, 5.74) is -3.45. The van der Waals surface area contributed by atoms with Gasteiger partial charge in [-0.05, 0) is 12.1 Å². The molecule has 1 fully saturated rings. The quantitative estimate of drug-likeness (QED) is 0.291. The van der Waals surface area contributed by atoms with Gasteiger partial charge in [0.25, 0.3) is 15.6 Å². The zero-order chi connectivity index (χ0) is 29.9. The van der Waals surface area contributed by atoms with Gasteiger partial charge in [0.2, 0.25) is 5.82 Å². The summed E-state index contributed by atoms with van der Waals surface area (Å²) in [5.74, 6) is -6.20. The summed E-state index contributed by atoms with van der Waals surface area (Å²) < 4.78 is 66.6. The van der Waals surface area contributed by atoms with Crippen LogP contribution in [0.5, 0.6) is 0 Å². The van der Waals surface area contributed by atoms with Gasteiger partial charge in [-0.15, -0.1) is 0 Å². The van der Waals surface area contributed by atoms with E-state index in [2.05, 4.69) is 4.74 Å². The van der Waals surface area contributed by atoms with Crippen LogP contribution in [0.4, 0.5) is 4.39 Å². The minimum Gasteiger partial charge on any atom is -0.467 e. The van der Waals surface area contributed by atoms with Gasteiger partial charge in [0.15, 0.2) is 30.6 Å². The fourth-order valence-corrected chi connectivity index (χ4v) is 5.18. The van der Waals surface area contributed by atoms with Crippen molar-refractivity contribution in [1.29, 1.82) is 0 Å². The van der Waals surface area contributed by atoms with Gasteiger partial charge in [-0.1, -0.05) is 18.2 Å². The van der Waals surface area contributed by atoms with E-state index in [1.54, 1.807) is 0 Å². The monoisotopic (exact) mass is 586 g/mol. The maximum absolute atomic E-state index is 14.9. The van der Waals surface area contributed by atoms with E-state index >= 15 is 0 Å². The van der Waals surface area contributed by atoms with Gasteiger partial charge < -0.3 is 23.7 Å². The van der Waals surface area contributed by atoms with E-state index in [0.29, 0.717) is 0 Å². The van der Waals surface area contributed by atoms with Crippen molar-refractivity contribution in [2.45, 2.75) is 56.3 Å². The summed E-state index contributed by atoms with van der Waals surface area (Å²) in [5, 5.41) is 0. The Balaban J connectivity index is 2.35. The molecule has 5 atom stereocenters. The molecule has 2 aromatic rings. The Labute approximate surface area is 225 Å². The lowest BCUT2D eigenvalue weighted by molar-refractivity contribution is -0.264. The Bertz CT molecular complexity index is 1550. The van der Waals surface area contributed by atoms with Crippen molar-refractivity contribution in [3.63, 3.8) is 0 Å². The SMILES string of the molecule is COC(=O)[C@H]1O[C@@H](n2c(=O)c(F)cn(S(=O)(=O)c3ccccc3)c2=O)[C@H](OC(C)=O)[C@@H](OC(C)=O)[C@@H]1OC(C)=O. The van der Waals surface area contributed by atoms with Crippen LogP contribution < -0.4 is 11.2 Å². The van der Waals surface area contributed by atoms with E-state index in [1.807, 2.05) is 0 Å². The van der Waals surface area contributed by atoms with Crippen LogP contribution in [0.2, 0.25) is 0 Å². The predicted molar refractivity (Wildman–Crippen MR) is 127 cm³/mol. The van der Waals surface area contributed by atoms with E-state index in [1.165, 1.54) is 18.2 Å². The van der Waals surface area contributed by atoms with E-state index in [-0.39, 0.29) is 14.7 Å². The summed E-state index contributed by atoms with van der Waals surface area (Å²) in [7, 11) is -3.91. The van der Waals surface area contributed by atoms with Crippen molar-refractivity contribution in [1.82, 2.24) is 8.54 Å². The van der Waals surface area contributed by atoms with Gasteiger partial charge in [0, 0.05) is 20.8 Å². The maximum Gasteiger partial charge on any atom is 0.347 e. The molecule has 2 heterocycles. The first kappa shape index (κ1) is 30.2. The van der Waals surface area contributed by atoms with Gasteiger partial charge >= 0.3 is 29.6 Å². The van der Waals surface area contributed by atoms with Gasteiger partial charge in [0.05, 0.1) is 18.2 Å². The average Bonchev–Trinajstić information content (AvgIpc) is 2.88. The van der Waals surface area contributed by atoms with Crippen LogP contribution in [0.25, 0.3) is 0 Å². The van der Waals surface area contributed by atoms with E-state index in [0.717, 1.165) is 40.0 Å². The Morgan fingerprint density at radius 2 is 1.40 bits per heavy atom. The number of ether oxygens (including phenoxy) is 5. The molecule has 0 unspecified atom stereocenters. The van der Waals surface area contributed by atoms with Crippen LogP contribution >= 0.6 is 0 Å². The molecule has 0 radical (unpaired) electrons. The number of esters is 4. The molecule has 0 bridgehead atoms. The topological polar surface area (TPSA) is 193 Å². The number of rotatable bonds is 7. The molecule has 0 aliphatic carbocycles. The number of benzene rings is 1. The van der Waals surface area contributed by atoms with Gasteiger partial charge in [-0.25, -0.2) is 22.6 Å². The number of nitrogens with zero attached hydrogens (tertiary/aromatic N) is 2. The number of carbonyl (C=O) groups is 4. The number of hydrogen-bond acceptors (Lipinski definition) is 13.